The average molecular weight is 336 g/mol. The van der Waals surface area contributed by atoms with Crippen molar-refractivity contribution in [2.24, 2.45) is 7.05 Å². The molecule has 23 heavy (non-hydrogen) atoms. The van der Waals surface area contributed by atoms with Crippen molar-refractivity contribution in [1.82, 2.24) is 40.4 Å². The zero-order valence-electron chi connectivity index (χ0n) is 13.0. The van der Waals surface area contributed by atoms with Gasteiger partial charge in [-0.05, 0) is 23.3 Å². The van der Waals surface area contributed by atoms with Gasteiger partial charge in [-0.15, -0.1) is 5.10 Å². The number of piperidine rings is 1. The maximum absolute atomic E-state index is 12.3. The van der Waals surface area contributed by atoms with Gasteiger partial charge in [0.2, 0.25) is 5.16 Å². The molecule has 2 aromatic heterocycles. The van der Waals surface area contributed by atoms with Gasteiger partial charge in [0, 0.05) is 50.7 Å². The first kappa shape index (κ1) is 15.8. The van der Waals surface area contributed by atoms with Crippen molar-refractivity contribution in [1.29, 1.82) is 0 Å². The minimum atomic E-state index is -0.0158. The topological polar surface area (TPSA) is 105 Å². The first-order valence-corrected chi connectivity index (χ1v) is 8.60. The molecule has 2 N–H and O–H groups in total. The summed E-state index contributed by atoms with van der Waals surface area (Å²) in [6.07, 6.45) is 5.64. The van der Waals surface area contributed by atoms with E-state index in [-0.39, 0.29) is 6.03 Å². The Kier molecular flexibility index (Phi) is 5.11. The number of nitrogens with one attached hydrogen (secondary N) is 2. The molecule has 10 heteroatoms. The zero-order valence-corrected chi connectivity index (χ0v) is 13.8. The van der Waals surface area contributed by atoms with E-state index >= 15 is 0 Å². The third-order valence-corrected chi connectivity index (χ3v) is 4.82. The molecule has 0 spiro atoms. The molecule has 3 rings (SSSR count). The van der Waals surface area contributed by atoms with Gasteiger partial charge in [0.25, 0.3) is 0 Å². The first-order valence-electron chi connectivity index (χ1n) is 7.61. The van der Waals surface area contributed by atoms with Crippen molar-refractivity contribution in [2.45, 2.75) is 23.9 Å². The highest BCUT2D eigenvalue weighted by molar-refractivity contribution is 7.99. The zero-order chi connectivity index (χ0) is 16.1. The van der Waals surface area contributed by atoms with Crippen LogP contribution in [-0.4, -0.2) is 66.5 Å². The molecule has 3 heterocycles. The van der Waals surface area contributed by atoms with Crippen LogP contribution >= 0.6 is 11.8 Å². The summed E-state index contributed by atoms with van der Waals surface area (Å²) in [5.41, 5.74) is 0. The van der Waals surface area contributed by atoms with E-state index in [4.69, 9.17) is 0 Å². The number of H-pyrrole nitrogens is 1. The van der Waals surface area contributed by atoms with Gasteiger partial charge in [0.05, 0.1) is 0 Å². The van der Waals surface area contributed by atoms with Crippen LogP contribution in [0.2, 0.25) is 0 Å². The quantitative estimate of drug-likeness (QED) is 0.612. The number of amides is 2. The second kappa shape index (κ2) is 7.44. The van der Waals surface area contributed by atoms with Crippen LogP contribution in [0.25, 0.3) is 0 Å². The van der Waals surface area contributed by atoms with Crippen LogP contribution in [0.4, 0.5) is 4.79 Å². The molecular weight excluding hydrogens is 316 g/mol. The van der Waals surface area contributed by atoms with E-state index in [1.165, 1.54) is 11.8 Å². The Morgan fingerprint density at radius 3 is 3.22 bits per heavy atom. The molecule has 1 saturated heterocycles. The minimum Gasteiger partial charge on any atom is -0.348 e. The van der Waals surface area contributed by atoms with E-state index in [2.05, 4.69) is 30.8 Å². The molecule has 1 fully saturated rings. The Bertz CT molecular complexity index is 628. The number of aromatic nitrogens is 6. The lowest BCUT2D eigenvalue weighted by molar-refractivity contribution is 0.179. The van der Waals surface area contributed by atoms with E-state index in [9.17, 15) is 4.79 Å². The predicted molar refractivity (Wildman–Crippen MR) is 85.1 cm³/mol. The summed E-state index contributed by atoms with van der Waals surface area (Å²) < 4.78 is 1.62. The van der Waals surface area contributed by atoms with E-state index in [0.29, 0.717) is 19.0 Å². The van der Waals surface area contributed by atoms with Crippen LogP contribution < -0.4 is 5.32 Å². The van der Waals surface area contributed by atoms with E-state index in [0.717, 1.165) is 36.1 Å². The summed E-state index contributed by atoms with van der Waals surface area (Å²) >= 11 is 1.52. The van der Waals surface area contributed by atoms with Crippen LogP contribution in [0.5, 0.6) is 0 Å². The summed E-state index contributed by atoms with van der Waals surface area (Å²) in [6, 6.07) is -0.0158. The van der Waals surface area contributed by atoms with Crippen molar-refractivity contribution in [3.8, 4) is 0 Å². The van der Waals surface area contributed by atoms with Crippen molar-refractivity contribution in [3.05, 3.63) is 18.2 Å². The Morgan fingerprint density at radius 1 is 1.57 bits per heavy atom. The number of aromatic amines is 1. The molecule has 0 saturated carbocycles. The van der Waals surface area contributed by atoms with Gasteiger partial charge in [-0.3, -0.25) is 0 Å². The van der Waals surface area contributed by atoms with Gasteiger partial charge in [-0.2, -0.15) is 0 Å². The third kappa shape index (κ3) is 4.01. The van der Waals surface area contributed by atoms with Gasteiger partial charge in [-0.25, -0.2) is 14.5 Å². The number of tetrazole rings is 1. The molecule has 1 aliphatic rings. The number of aryl methyl sites for hydroxylation is 1. The number of carbonyl (C=O) groups excluding carboxylic acids is 1. The molecule has 0 aromatic carbocycles. The van der Waals surface area contributed by atoms with Gasteiger partial charge in [0.1, 0.15) is 5.82 Å². The molecule has 9 nitrogen and oxygen atoms in total. The van der Waals surface area contributed by atoms with Crippen molar-refractivity contribution in [2.75, 3.05) is 25.4 Å². The molecule has 2 aromatic rings. The van der Waals surface area contributed by atoms with Crippen molar-refractivity contribution < 1.29 is 4.79 Å². The van der Waals surface area contributed by atoms with Crippen LogP contribution in [0.3, 0.4) is 0 Å². The van der Waals surface area contributed by atoms with Crippen molar-refractivity contribution in [3.63, 3.8) is 0 Å². The second-order valence-electron chi connectivity index (χ2n) is 5.43. The maximum Gasteiger partial charge on any atom is 0.317 e. The normalized spacial score (nSPS) is 18.1. The summed E-state index contributed by atoms with van der Waals surface area (Å²) in [4.78, 5) is 21.6. The third-order valence-electron chi connectivity index (χ3n) is 3.81. The standard InChI is InChI=1S/C13H20N8OS/c1-20-13(17-18-19-20)23-8-6-16-12(22)21-7-2-3-10(9-21)11-14-4-5-15-11/h4-5,10H,2-3,6-9H2,1H3,(H,14,15)(H,16,22)/t10-/m0/s1. The number of hydrogen-bond donors (Lipinski definition) is 2. The number of rotatable bonds is 5. The number of nitrogens with zero attached hydrogens (tertiary/aromatic N) is 6. The predicted octanol–water partition coefficient (Wildman–Crippen LogP) is 0.614. The summed E-state index contributed by atoms with van der Waals surface area (Å²) in [5.74, 6) is 1.99. The van der Waals surface area contributed by atoms with Crippen LogP contribution in [-0.2, 0) is 7.05 Å². The molecule has 0 aliphatic carbocycles. The molecule has 2 amide bonds. The number of hydrogen-bond acceptors (Lipinski definition) is 6. The Balaban J connectivity index is 1.42. The lowest BCUT2D eigenvalue weighted by Gasteiger charge is -2.31. The van der Waals surface area contributed by atoms with Gasteiger partial charge in [-0.1, -0.05) is 11.8 Å². The number of thioether (sulfide) groups is 1. The van der Waals surface area contributed by atoms with E-state index in [1.54, 1.807) is 17.9 Å². The highest BCUT2D eigenvalue weighted by Crippen LogP contribution is 2.24. The molecule has 1 atom stereocenters. The van der Waals surface area contributed by atoms with Crippen LogP contribution in [0, 0.1) is 0 Å². The molecular formula is C13H20N8OS. The highest BCUT2D eigenvalue weighted by atomic mass is 32.2. The number of urea groups is 1. The fourth-order valence-electron chi connectivity index (χ4n) is 2.64. The highest BCUT2D eigenvalue weighted by Gasteiger charge is 2.25. The molecule has 1 aliphatic heterocycles. The fourth-order valence-corrected chi connectivity index (χ4v) is 3.35. The molecule has 0 bridgehead atoms. The van der Waals surface area contributed by atoms with Gasteiger partial charge < -0.3 is 15.2 Å². The number of likely N-dealkylation sites (tertiary alicyclic amines) is 1. The first-order chi connectivity index (χ1) is 11.2. The van der Waals surface area contributed by atoms with Crippen molar-refractivity contribution >= 4 is 17.8 Å². The summed E-state index contributed by atoms with van der Waals surface area (Å²) in [6.45, 7) is 2.08. The Morgan fingerprint density at radius 2 is 2.48 bits per heavy atom. The maximum atomic E-state index is 12.3. The SMILES string of the molecule is Cn1nnnc1SCCNC(=O)N1CCC[C@H](c2ncc[nH]2)C1. The second-order valence-corrected chi connectivity index (χ2v) is 6.49. The summed E-state index contributed by atoms with van der Waals surface area (Å²) in [7, 11) is 1.80. The fraction of sp³-hybridized carbons (Fsp3) is 0.615. The van der Waals surface area contributed by atoms with E-state index < -0.39 is 0 Å². The molecule has 0 radical (unpaired) electrons. The minimum absolute atomic E-state index is 0.0158. The number of imidazole rings is 1. The number of carbonyl (C=O) groups is 1. The average Bonchev–Trinajstić information content (AvgIpc) is 3.23. The van der Waals surface area contributed by atoms with E-state index in [1.807, 2.05) is 11.1 Å². The Labute approximate surface area is 138 Å². The Hall–Kier alpha value is -2.10. The molecule has 124 valence electrons. The lowest BCUT2D eigenvalue weighted by atomic mass is 9.98. The smallest absolute Gasteiger partial charge is 0.317 e. The monoisotopic (exact) mass is 336 g/mol. The van der Waals surface area contributed by atoms with Gasteiger partial charge >= 0.3 is 6.03 Å². The largest absolute Gasteiger partial charge is 0.348 e. The summed E-state index contributed by atoms with van der Waals surface area (Å²) in [5, 5.41) is 14.9. The molecule has 0 unspecified atom stereocenters. The lowest BCUT2D eigenvalue weighted by Crippen LogP contribution is -2.45. The van der Waals surface area contributed by atoms with Gasteiger partial charge in [0.15, 0.2) is 0 Å². The van der Waals surface area contributed by atoms with Crippen LogP contribution in [0.15, 0.2) is 17.6 Å². The van der Waals surface area contributed by atoms with Crippen LogP contribution in [0.1, 0.15) is 24.6 Å².